The van der Waals surface area contributed by atoms with E-state index in [0.29, 0.717) is 0 Å². The minimum atomic E-state index is 0.0746. The van der Waals surface area contributed by atoms with Crippen LogP contribution in [0.3, 0.4) is 0 Å². The number of allylic oxidation sites excluding steroid dienone is 3. The van der Waals surface area contributed by atoms with Crippen LogP contribution in [0.5, 0.6) is 0 Å². The summed E-state index contributed by atoms with van der Waals surface area (Å²) < 4.78 is 1.12. The molecule has 0 spiro atoms. The SMILES string of the molecule is CCCNC(=O)C1=C([AsH2])C=CC[CH]1. The van der Waals surface area contributed by atoms with E-state index in [0.717, 1.165) is 29.3 Å². The Labute approximate surface area is 88.0 Å². The molecule has 0 aliphatic heterocycles. The molecule has 1 aliphatic carbocycles. The fourth-order valence-corrected chi connectivity index (χ4v) is 1.95. The van der Waals surface area contributed by atoms with Crippen LogP contribution in [-0.2, 0) is 4.79 Å². The van der Waals surface area contributed by atoms with E-state index < -0.39 is 0 Å². The number of nitrogens with one attached hydrogen (secondary N) is 1. The monoisotopic (exact) mass is 240 g/mol. The van der Waals surface area contributed by atoms with Crippen molar-refractivity contribution >= 4 is 22.8 Å². The van der Waals surface area contributed by atoms with E-state index in [2.05, 4.69) is 18.3 Å². The van der Waals surface area contributed by atoms with Crippen LogP contribution >= 0.6 is 0 Å². The summed E-state index contributed by atoms with van der Waals surface area (Å²) in [4.78, 5) is 11.5. The van der Waals surface area contributed by atoms with Crippen LogP contribution in [0, 0.1) is 6.42 Å². The molecule has 0 aromatic heterocycles. The fourth-order valence-electron chi connectivity index (χ4n) is 1.15. The van der Waals surface area contributed by atoms with Gasteiger partial charge in [0.15, 0.2) is 0 Å². The minimum absolute atomic E-state index is 0.0746. The molecule has 1 rings (SSSR count). The van der Waals surface area contributed by atoms with Gasteiger partial charge < -0.3 is 0 Å². The normalized spacial score (nSPS) is 16.2. The summed E-state index contributed by atoms with van der Waals surface area (Å²) >= 11 is 1.50. The Morgan fingerprint density at radius 1 is 1.69 bits per heavy atom. The number of rotatable bonds is 3. The second kappa shape index (κ2) is 5.28. The van der Waals surface area contributed by atoms with Gasteiger partial charge in [-0.1, -0.05) is 0 Å². The first-order chi connectivity index (χ1) is 6.25. The first kappa shape index (κ1) is 10.6. The quantitative estimate of drug-likeness (QED) is 0.718. The fraction of sp³-hybridized carbons (Fsp3) is 0.400. The number of amides is 1. The van der Waals surface area contributed by atoms with Gasteiger partial charge in [-0.2, -0.15) is 0 Å². The van der Waals surface area contributed by atoms with Gasteiger partial charge >= 0.3 is 87.7 Å². The molecule has 0 fully saturated rings. The van der Waals surface area contributed by atoms with Crippen molar-refractivity contribution in [3.63, 3.8) is 0 Å². The molecule has 1 radical (unpaired) electrons. The average molecular weight is 240 g/mol. The molecular formula is C10H15AsNO. The molecule has 0 saturated carbocycles. The zero-order chi connectivity index (χ0) is 9.68. The molecule has 1 atom stereocenters. The van der Waals surface area contributed by atoms with E-state index in [-0.39, 0.29) is 5.91 Å². The molecule has 0 saturated heterocycles. The molecule has 2 nitrogen and oxygen atoms in total. The van der Waals surface area contributed by atoms with Crippen molar-refractivity contribution in [3.8, 4) is 0 Å². The van der Waals surface area contributed by atoms with Crippen molar-refractivity contribution in [2.75, 3.05) is 6.54 Å². The van der Waals surface area contributed by atoms with Gasteiger partial charge in [0, 0.05) is 0 Å². The Hall–Kier alpha value is -0.492. The zero-order valence-corrected chi connectivity index (χ0v) is 10.3. The van der Waals surface area contributed by atoms with Crippen molar-refractivity contribution < 1.29 is 4.79 Å². The second-order valence-corrected chi connectivity index (χ2v) is 4.27. The maximum absolute atomic E-state index is 11.5. The molecule has 0 aromatic carbocycles. The number of hydrogen-bond acceptors (Lipinski definition) is 1. The Morgan fingerprint density at radius 3 is 3.08 bits per heavy atom. The van der Waals surface area contributed by atoms with Crippen molar-refractivity contribution in [1.29, 1.82) is 0 Å². The van der Waals surface area contributed by atoms with Gasteiger partial charge in [-0.05, 0) is 0 Å². The van der Waals surface area contributed by atoms with Gasteiger partial charge in [-0.25, -0.2) is 0 Å². The van der Waals surface area contributed by atoms with Gasteiger partial charge in [-0.15, -0.1) is 0 Å². The summed E-state index contributed by atoms with van der Waals surface area (Å²) in [7, 11) is 0. The van der Waals surface area contributed by atoms with Gasteiger partial charge in [0.2, 0.25) is 0 Å². The van der Waals surface area contributed by atoms with E-state index >= 15 is 0 Å². The van der Waals surface area contributed by atoms with Crippen LogP contribution in [-0.4, -0.2) is 29.3 Å². The Kier molecular flexibility index (Phi) is 4.30. The first-order valence-corrected chi connectivity index (χ1v) is 5.74. The standard InChI is InChI=1S/C10H15AsNO/c1-2-7-12-10(13)8-5-3-4-6-9(8)11/h4-6H,2-3,7,11H2,1H3,(H,12,13). The van der Waals surface area contributed by atoms with E-state index in [1.54, 1.807) is 0 Å². The van der Waals surface area contributed by atoms with Crippen molar-refractivity contribution in [3.05, 3.63) is 28.5 Å². The average Bonchev–Trinajstić information content (AvgIpc) is 2.15. The first-order valence-electron chi connectivity index (χ1n) is 4.53. The molecule has 1 aliphatic rings. The topological polar surface area (TPSA) is 29.1 Å². The Morgan fingerprint density at radius 2 is 2.46 bits per heavy atom. The van der Waals surface area contributed by atoms with Crippen LogP contribution in [0.4, 0.5) is 0 Å². The van der Waals surface area contributed by atoms with Gasteiger partial charge in [-0.3, -0.25) is 0 Å². The molecule has 0 bridgehead atoms. The van der Waals surface area contributed by atoms with Crippen molar-refractivity contribution in [2.45, 2.75) is 19.8 Å². The third kappa shape index (κ3) is 3.04. The van der Waals surface area contributed by atoms with E-state index in [1.165, 1.54) is 16.9 Å². The van der Waals surface area contributed by atoms with Crippen LogP contribution < -0.4 is 5.32 Å². The van der Waals surface area contributed by atoms with Crippen molar-refractivity contribution in [1.82, 2.24) is 5.32 Å². The van der Waals surface area contributed by atoms with Gasteiger partial charge in [0.1, 0.15) is 0 Å². The summed E-state index contributed by atoms with van der Waals surface area (Å²) in [5, 5.41) is 2.88. The molecule has 13 heavy (non-hydrogen) atoms. The molecule has 0 aromatic rings. The third-order valence-electron chi connectivity index (χ3n) is 1.85. The maximum atomic E-state index is 11.5. The Balaban J connectivity index is 2.59. The summed E-state index contributed by atoms with van der Waals surface area (Å²) in [6.07, 6.45) is 7.96. The van der Waals surface area contributed by atoms with Gasteiger partial charge in [0.05, 0.1) is 0 Å². The predicted molar refractivity (Wildman–Crippen MR) is 56.9 cm³/mol. The molecule has 71 valence electrons. The van der Waals surface area contributed by atoms with E-state index in [9.17, 15) is 4.79 Å². The molecule has 1 amide bonds. The molecule has 3 heteroatoms. The number of carbonyl (C=O) groups excluding carboxylic acids is 1. The van der Waals surface area contributed by atoms with Crippen LogP contribution in [0.2, 0.25) is 0 Å². The van der Waals surface area contributed by atoms with Crippen LogP contribution in [0.1, 0.15) is 19.8 Å². The number of carbonyl (C=O) groups is 1. The number of hydrogen-bond donors (Lipinski definition) is 1. The molecule has 0 heterocycles. The van der Waals surface area contributed by atoms with E-state index in [4.69, 9.17) is 0 Å². The summed E-state index contributed by atoms with van der Waals surface area (Å²) in [6.45, 7) is 2.82. The van der Waals surface area contributed by atoms with Crippen LogP contribution in [0.15, 0.2) is 22.1 Å². The van der Waals surface area contributed by atoms with Crippen molar-refractivity contribution in [2.24, 2.45) is 0 Å². The zero-order valence-electron chi connectivity index (χ0n) is 7.84. The molecule has 1 N–H and O–H groups in total. The molecule has 1 unspecified atom stereocenters. The third-order valence-corrected chi connectivity index (χ3v) is 2.90. The second-order valence-electron chi connectivity index (χ2n) is 2.97. The Bertz CT molecular complexity index is 256. The van der Waals surface area contributed by atoms with Crippen LogP contribution in [0.25, 0.3) is 0 Å². The van der Waals surface area contributed by atoms with Gasteiger partial charge in [0.25, 0.3) is 0 Å². The summed E-state index contributed by atoms with van der Waals surface area (Å²) in [5.41, 5.74) is 0.857. The summed E-state index contributed by atoms with van der Waals surface area (Å²) in [6, 6.07) is 0. The summed E-state index contributed by atoms with van der Waals surface area (Å²) in [5.74, 6) is 0.0746. The molecular weight excluding hydrogens is 225 g/mol. The van der Waals surface area contributed by atoms with E-state index in [1.807, 2.05) is 12.5 Å². The predicted octanol–water partition coefficient (Wildman–Crippen LogP) is 0.564.